The van der Waals surface area contributed by atoms with Gasteiger partial charge in [-0.3, -0.25) is 4.90 Å². The fourth-order valence-electron chi connectivity index (χ4n) is 2.58. The SMILES string of the molecule is CNc1ccccc1CC(C=O)N1CCN(C)CC1. The maximum atomic E-state index is 11.4. The van der Waals surface area contributed by atoms with E-state index in [0.29, 0.717) is 0 Å². The van der Waals surface area contributed by atoms with E-state index in [1.807, 2.05) is 19.2 Å². The van der Waals surface area contributed by atoms with Gasteiger partial charge in [-0.25, -0.2) is 0 Å². The molecule has 0 aromatic heterocycles. The highest BCUT2D eigenvalue weighted by molar-refractivity contribution is 5.61. The molecule has 1 aliphatic rings. The lowest BCUT2D eigenvalue weighted by molar-refractivity contribution is -0.113. The Bertz CT molecular complexity index is 414. The number of carbonyl (C=O) groups is 1. The molecule has 1 fully saturated rings. The molecule has 4 nitrogen and oxygen atoms in total. The number of likely N-dealkylation sites (N-methyl/N-ethyl adjacent to an activating group) is 1. The number of nitrogens with one attached hydrogen (secondary N) is 1. The molecule has 1 aromatic rings. The number of nitrogens with zero attached hydrogens (tertiary/aromatic N) is 2. The smallest absolute Gasteiger partial charge is 0.137 e. The van der Waals surface area contributed by atoms with Gasteiger partial charge in [0.25, 0.3) is 0 Å². The normalized spacial score (nSPS) is 19.1. The van der Waals surface area contributed by atoms with Crippen LogP contribution in [0.25, 0.3) is 0 Å². The summed E-state index contributed by atoms with van der Waals surface area (Å²) < 4.78 is 0. The Morgan fingerprint density at radius 3 is 2.58 bits per heavy atom. The number of hydrogen-bond acceptors (Lipinski definition) is 4. The van der Waals surface area contributed by atoms with E-state index in [2.05, 4.69) is 34.3 Å². The predicted octanol–water partition coefficient (Wildman–Crippen LogP) is 1.09. The third-order valence-electron chi connectivity index (χ3n) is 3.88. The minimum atomic E-state index is -0.0109. The van der Waals surface area contributed by atoms with Gasteiger partial charge in [-0.15, -0.1) is 0 Å². The van der Waals surface area contributed by atoms with Crippen molar-refractivity contribution in [2.24, 2.45) is 0 Å². The quantitative estimate of drug-likeness (QED) is 0.805. The third-order valence-corrected chi connectivity index (χ3v) is 3.88. The summed E-state index contributed by atoms with van der Waals surface area (Å²) in [5, 5.41) is 3.19. The highest BCUT2D eigenvalue weighted by Gasteiger charge is 2.22. The summed E-state index contributed by atoms with van der Waals surface area (Å²) in [4.78, 5) is 16.0. The van der Waals surface area contributed by atoms with Crippen molar-refractivity contribution in [3.63, 3.8) is 0 Å². The summed E-state index contributed by atoms with van der Waals surface area (Å²) >= 11 is 0. The van der Waals surface area contributed by atoms with Gasteiger partial charge in [0.1, 0.15) is 6.29 Å². The molecule has 1 unspecified atom stereocenters. The average Bonchev–Trinajstić information content (AvgIpc) is 2.46. The average molecular weight is 261 g/mol. The second-order valence-corrected chi connectivity index (χ2v) is 5.15. The zero-order valence-corrected chi connectivity index (χ0v) is 11.8. The number of anilines is 1. The van der Waals surface area contributed by atoms with Gasteiger partial charge in [-0.1, -0.05) is 18.2 Å². The first-order valence-electron chi connectivity index (χ1n) is 6.88. The Morgan fingerprint density at radius 1 is 1.26 bits per heavy atom. The third kappa shape index (κ3) is 3.55. The first-order valence-corrected chi connectivity index (χ1v) is 6.88. The molecule has 1 aliphatic heterocycles. The first kappa shape index (κ1) is 14.0. The lowest BCUT2D eigenvalue weighted by Gasteiger charge is -2.35. The molecule has 0 spiro atoms. The second-order valence-electron chi connectivity index (χ2n) is 5.15. The minimum absolute atomic E-state index is 0.0109. The molecule has 104 valence electrons. The Morgan fingerprint density at radius 2 is 1.95 bits per heavy atom. The van der Waals surface area contributed by atoms with Crippen LogP contribution in [0, 0.1) is 0 Å². The van der Waals surface area contributed by atoms with Crippen molar-refractivity contribution in [3.05, 3.63) is 29.8 Å². The van der Waals surface area contributed by atoms with Gasteiger partial charge in [0, 0.05) is 38.9 Å². The van der Waals surface area contributed by atoms with E-state index < -0.39 is 0 Å². The number of carbonyl (C=O) groups excluding carboxylic acids is 1. The van der Waals surface area contributed by atoms with E-state index >= 15 is 0 Å². The molecule has 1 aromatic carbocycles. The molecule has 1 saturated heterocycles. The largest absolute Gasteiger partial charge is 0.388 e. The van der Waals surface area contributed by atoms with Gasteiger partial charge in [-0.05, 0) is 25.1 Å². The van der Waals surface area contributed by atoms with E-state index in [1.165, 1.54) is 5.56 Å². The van der Waals surface area contributed by atoms with Crippen LogP contribution in [0.4, 0.5) is 5.69 Å². The van der Waals surface area contributed by atoms with Crippen LogP contribution in [-0.4, -0.2) is 62.4 Å². The molecular weight excluding hydrogens is 238 g/mol. The number of para-hydroxylation sites is 1. The van der Waals surface area contributed by atoms with Crippen LogP contribution < -0.4 is 5.32 Å². The van der Waals surface area contributed by atoms with E-state index in [0.717, 1.165) is 44.6 Å². The molecular formula is C15H23N3O. The Balaban J connectivity index is 2.04. The summed E-state index contributed by atoms with van der Waals surface area (Å²) in [5.41, 5.74) is 2.32. The van der Waals surface area contributed by atoms with Crippen molar-refractivity contribution in [2.75, 3.05) is 45.6 Å². The molecule has 0 amide bonds. The minimum Gasteiger partial charge on any atom is -0.388 e. The van der Waals surface area contributed by atoms with E-state index in [9.17, 15) is 4.79 Å². The second kappa shape index (κ2) is 6.68. The van der Waals surface area contributed by atoms with Crippen LogP contribution in [0.5, 0.6) is 0 Å². The molecule has 0 radical (unpaired) electrons. The van der Waals surface area contributed by atoms with E-state index in [4.69, 9.17) is 0 Å². The van der Waals surface area contributed by atoms with Crippen molar-refractivity contribution >= 4 is 12.0 Å². The maximum Gasteiger partial charge on any atom is 0.137 e. The fraction of sp³-hybridized carbons (Fsp3) is 0.533. The Kier molecular flexibility index (Phi) is 4.93. The zero-order chi connectivity index (χ0) is 13.7. The topological polar surface area (TPSA) is 35.6 Å². The van der Waals surface area contributed by atoms with E-state index in [1.54, 1.807) is 0 Å². The van der Waals surface area contributed by atoms with Crippen molar-refractivity contribution < 1.29 is 4.79 Å². The van der Waals surface area contributed by atoms with Crippen molar-refractivity contribution in [3.8, 4) is 0 Å². The first-order chi connectivity index (χ1) is 9.24. The van der Waals surface area contributed by atoms with Crippen LogP contribution in [0.1, 0.15) is 5.56 Å². The summed E-state index contributed by atoms with van der Waals surface area (Å²) in [6, 6.07) is 8.19. The molecule has 0 bridgehead atoms. The molecule has 1 heterocycles. The lowest BCUT2D eigenvalue weighted by Crippen LogP contribution is -2.50. The van der Waals surface area contributed by atoms with Gasteiger partial charge < -0.3 is 15.0 Å². The van der Waals surface area contributed by atoms with Gasteiger partial charge in [0.15, 0.2) is 0 Å². The number of benzene rings is 1. The fourth-order valence-corrected chi connectivity index (χ4v) is 2.58. The van der Waals surface area contributed by atoms with Gasteiger partial charge in [-0.2, -0.15) is 0 Å². The van der Waals surface area contributed by atoms with Crippen molar-refractivity contribution in [1.29, 1.82) is 0 Å². The molecule has 19 heavy (non-hydrogen) atoms. The van der Waals surface area contributed by atoms with Gasteiger partial charge >= 0.3 is 0 Å². The lowest BCUT2D eigenvalue weighted by atomic mass is 10.0. The van der Waals surface area contributed by atoms with Crippen molar-refractivity contribution in [2.45, 2.75) is 12.5 Å². The number of piperazine rings is 1. The van der Waals surface area contributed by atoms with Crippen LogP contribution in [0.15, 0.2) is 24.3 Å². The van der Waals surface area contributed by atoms with Gasteiger partial charge in [0.2, 0.25) is 0 Å². The van der Waals surface area contributed by atoms with Gasteiger partial charge in [0.05, 0.1) is 6.04 Å². The number of rotatable bonds is 5. The molecule has 1 atom stereocenters. The standard InChI is InChI=1S/C15H23N3O/c1-16-15-6-4-3-5-13(15)11-14(12-19)18-9-7-17(2)8-10-18/h3-6,12,14,16H,7-11H2,1-2H3. The number of hydrogen-bond donors (Lipinski definition) is 1. The van der Waals surface area contributed by atoms with Crippen LogP contribution in [-0.2, 0) is 11.2 Å². The highest BCUT2D eigenvalue weighted by Crippen LogP contribution is 2.18. The van der Waals surface area contributed by atoms with Crippen LogP contribution in [0.3, 0.4) is 0 Å². The summed E-state index contributed by atoms with van der Waals surface area (Å²) in [6.07, 6.45) is 1.88. The highest BCUT2D eigenvalue weighted by atomic mass is 16.1. The zero-order valence-electron chi connectivity index (χ0n) is 11.8. The Hall–Kier alpha value is -1.39. The molecule has 0 saturated carbocycles. The van der Waals surface area contributed by atoms with E-state index in [-0.39, 0.29) is 6.04 Å². The molecule has 4 heteroatoms. The summed E-state index contributed by atoms with van der Waals surface area (Å²) in [7, 11) is 4.05. The summed E-state index contributed by atoms with van der Waals surface area (Å²) in [5.74, 6) is 0. The molecule has 1 N–H and O–H groups in total. The monoisotopic (exact) mass is 261 g/mol. The molecule has 2 rings (SSSR count). The Labute approximate surface area is 115 Å². The summed E-state index contributed by atoms with van der Waals surface area (Å²) in [6.45, 7) is 4.03. The molecule has 0 aliphatic carbocycles. The maximum absolute atomic E-state index is 11.4. The number of aldehydes is 1. The van der Waals surface area contributed by atoms with Crippen LogP contribution >= 0.6 is 0 Å². The predicted molar refractivity (Wildman–Crippen MR) is 78.6 cm³/mol. The van der Waals surface area contributed by atoms with Crippen molar-refractivity contribution in [1.82, 2.24) is 9.80 Å². The van der Waals surface area contributed by atoms with Crippen LogP contribution in [0.2, 0.25) is 0 Å².